The summed E-state index contributed by atoms with van der Waals surface area (Å²) in [6, 6.07) is 6.13. The minimum Gasteiger partial charge on any atom is -0.395 e. The maximum atomic E-state index is 9.24. The molecule has 0 aliphatic heterocycles. The Hall–Kier alpha value is -1.79. The fourth-order valence-corrected chi connectivity index (χ4v) is 2.88. The van der Waals surface area contributed by atoms with Gasteiger partial charge in [0.25, 0.3) is 0 Å². The second-order valence-electron chi connectivity index (χ2n) is 5.36. The van der Waals surface area contributed by atoms with E-state index in [4.69, 9.17) is 4.52 Å². The second kappa shape index (κ2) is 6.78. The van der Waals surface area contributed by atoms with Crippen LogP contribution in [0.5, 0.6) is 0 Å². The van der Waals surface area contributed by atoms with Crippen LogP contribution in [0.1, 0.15) is 31.6 Å². The molecular formula is C15H20N4O2. The van der Waals surface area contributed by atoms with Gasteiger partial charge >= 0.3 is 0 Å². The van der Waals surface area contributed by atoms with Gasteiger partial charge in [-0.1, -0.05) is 24.1 Å². The van der Waals surface area contributed by atoms with Crippen molar-refractivity contribution in [1.29, 1.82) is 0 Å². The number of aromatic nitrogens is 3. The third-order valence-corrected chi connectivity index (χ3v) is 3.93. The van der Waals surface area contributed by atoms with Gasteiger partial charge in [-0.2, -0.15) is 4.98 Å². The van der Waals surface area contributed by atoms with Crippen LogP contribution in [0.25, 0.3) is 11.5 Å². The molecule has 3 rings (SSSR count). The molecule has 6 heteroatoms. The number of nitrogens with zero attached hydrogens (tertiary/aromatic N) is 4. The molecule has 0 spiro atoms. The Balaban J connectivity index is 1.70. The van der Waals surface area contributed by atoms with E-state index in [2.05, 4.69) is 20.0 Å². The third kappa shape index (κ3) is 3.46. The van der Waals surface area contributed by atoms with E-state index < -0.39 is 0 Å². The van der Waals surface area contributed by atoms with Crippen molar-refractivity contribution < 1.29 is 9.63 Å². The van der Waals surface area contributed by atoms with Crippen LogP contribution in [0.3, 0.4) is 0 Å². The Labute approximate surface area is 123 Å². The lowest BCUT2D eigenvalue weighted by Gasteiger charge is -2.26. The molecule has 2 heterocycles. The van der Waals surface area contributed by atoms with E-state index in [1.807, 2.05) is 18.2 Å². The number of aliphatic hydroxyl groups is 1. The molecule has 1 fully saturated rings. The molecule has 0 radical (unpaired) electrons. The standard InChI is InChI=1S/C15H20N4O2/c20-10-9-19(12-5-1-2-6-12)11-14-17-15(18-21-14)13-7-3-4-8-16-13/h3-4,7-8,12,20H,1-2,5-6,9-11H2. The van der Waals surface area contributed by atoms with Gasteiger partial charge in [-0.05, 0) is 25.0 Å². The Kier molecular flexibility index (Phi) is 4.57. The van der Waals surface area contributed by atoms with Gasteiger partial charge in [-0.3, -0.25) is 9.88 Å². The highest BCUT2D eigenvalue weighted by molar-refractivity contribution is 5.46. The molecule has 21 heavy (non-hydrogen) atoms. The average molecular weight is 288 g/mol. The highest BCUT2D eigenvalue weighted by Crippen LogP contribution is 2.24. The maximum Gasteiger partial charge on any atom is 0.241 e. The van der Waals surface area contributed by atoms with Crippen LogP contribution in [0.15, 0.2) is 28.9 Å². The fraction of sp³-hybridized carbons (Fsp3) is 0.533. The Morgan fingerprint density at radius 2 is 2.14 bits per heavy atom. The lowest BCUT2D eigenvalue weighted by atomic mass is 10.2. The molecule has 0 atom stereocenters. The van der Waals surface area contributed by atoms with E-state index in [9.17, 15) is 5.11 Å². The molecule has 6 nitrogen and oxygen atoms in total. The molecule has 1 saturated carbocycles. The summed E-state index contributed by atoms with van der Waals surface area (Å²) < 4.78 is 5.33. The van der Waals surface area contributed by atoms with Crippen molar-refractivity contribution in [3.8, 4) is 11.5 Å². The average Bonchev–Trinajstić information content (AvgIpc) is 3.19. The Morgan fingerprint density at radius 3 is 2.86 bits per heavy atom. The monoisotopic (exact) mass is 288 g/mol. The third-order valence-electron chi connectivity index (χ3n) is 3.93. The van der Waals surface area contributed by atoms with Crippen LogP contribution in [0.2, 0.25) is 0 Å². The van der Waals surface area contributed by atoms with Gasteiger partial charge in [0.1, 0.15) is 5.69 Å². The summed E-state index contributed by atoms with van der Waals surface area (Å²) in [7, 11) is 0. The van der Waals surface area contributed by atoms with Crippen LogP contribution < -0.4 is 0 Å². The summed E-state index contributed by atoms with van der Waals surface area (Å²) >= 11 is 0. The highest BCUT2D eigenvalue weighted by atomic mass is 16.5. The molecule has 0 aromatic carbocycles. The van der Waals surface area contributed by atoms with E-state index >= 15 is 0 Å². The lowest BCUT2D eigenvalue weighted by Crippen LogP contribution is -2.35. The zero-order chi connectivity index (χ0) is 14.5. The summed E-state index contributed by atoms with van der Waals surface area (Å²) in [5, 5.41) is 13.2. The van der Waals surface area contributed by atoms with Gasteiger partial charge in [-0.15, -0.1) is 0 Å². The first kappa shape index (κ1) is 14.2. The number of hydrogen-bond acceptors (Lipinski definition) is 6. The fourth-order valence-electron chi connectivity index (χ4n) is 2.88. The number of pyridine rings is 1. The van der Waals surface area contributed by atoms with Gasteiger partial charge in [-0.25, -0.2) is 0 Å². The minimum absolute atomic E-state index is 0.151. The van der Waals surface area contributed by atoms with Crippen LogP contribution in [-0.2, 0) is 6.54 Å². The van der Waals surface area contributed by atoms with E-state index in [0.717, 1.165) is 0 Å². The van der Waals surface area contributed by atoms with Crippen molar-refractivity contribution in [2.24, 2.45) is 0 Å². The molecule has 0 amide bonds. The molecule has 1 aliphatic carbocycles. The van der Waals surface area contributed by atoms with Gasteiger partial charge in [0.2, 0.25) is 11.7 Å². The van der Waals surface area contributed by atoms with E-state index in [1.54, 1.807) is 6.20 Å². The van der Waals surface area contributed by atoms with E-state index in [-0.39, 0.29) is 6.61 Å². The molecule has 0 bridgehead atoms. The van der Waals surface area contributed by atoms with Crippen LogP contribution in [-0.4, -0.2) is 44.3 Å². The number of hydrogen-bond donors (Lipinski definition) is 1. The van der Waals surface area contributed by atoms with Crippen LogP contribution in [0.4, 0.5) is 0 Å². The Morgan fingerprint density at radius 1 is 1.29 bits per heavy atom. The zero-order valence-corrected chi connectivity index (χ0v) is 12.0. The molecule has 1 aliphatic rings. The van der Waals surface area contributed by atoms with Gasteiger partial charge in [0, 0.05) is 18.8 Å². The molecular weight excluding hydrogens is 268 g/mol. The second-order valence-corrected chi connectivity index (χ2v) is 5.36. The van der Waals surface area contributed by atoms with Gasteiger partial charge in [0.05, 0.1) is 13.2 Å². The summed E-state index contributed by atoms with van der Waals surface area (Å²) in [4.78, 5) is 10.9. The van der Waals surface area contributed by atoms with Crippen LogP contribution >= 0.6 is 0 Å². The van der Waals surface area contributed by atoms with Crippen molar-refractivity contribution in [3.05, 3.63) is 30.3 Å². The summed E-state index contributed by atoms with van der Waals surface area (Å²) in [5.41, 5.74) is 0.710. The lowest BCUT2D eigenvalue weighted by molar-refractivity contribution is 0.130. The highest BCUT2D eigenvalue weighted by Gasteiger charge is 2.24. The predicted molar refractivity (Wildman–Crippen MR) is 77.3 cm³/mol. The van der Waals surface area contributed by atoms with Crippen molar-refractivity contribution in [1.82, 2.24) is 20.0 Å². The predicted octanol–water partition coefficient (Wildman–Crippen LogP) is 1.87. The summed E-state index contributed by atoms with van der Waals surface area (Å²) in [6.07, 6.45) is 6.59. The molecule has 0 saturated heterocycles. The summed E-state index contributed by atoms with van der Waals surface area (Å²) in [5.74, 6) is 1.09. The quantitative estimate of drug-likeness (QED) is 0.874. The van der Waals surface area contributed by atoms with Crippen molar-refractivity contribution in [2.45, 2.75) is 38.3 Å². The topological polar surface area (TPSA) is 75.3 Å². The van der Waals surface area contributed by atoms with E-state index in [1.165, 1.54) is 25.7 Å². The van der Waals surface area contributed by atoms with Crippen molar-refractivity contribution >= 4 is 0 Å². The first-order valence-corrected chi connectivity index (χ1v) is 7.45. The first-order valence-electron chi connectivity index (χ1n) is 7.45. The smallest absolute Gasteiger partial charge is 0.241 e. The van der Waals surface area contributed by atoms with Crippen LogP contribution in [0, 0.1) is 0 Å². The number of aliphatic hydroxyl groups excluding tert-OH is 1. The van der Waals surface area contributed by atoms with Gasteiger partial charge < -0.3 is 9.63 Å². The molecule has 0 unspecified atom stereocenters. The molecule has 1 N–H and O–H groups in total. The molecule has 2 aromatic heterocycles. The van der Waals surface area contributed by atoms with Crippen molar-refractivity contribution in [2.75, 3.05) is 13.2 Å². The zero-order valence-electron chi connectivity index (χ0n) is 12.0. The Bertz CT molecular complexity index is 552. The number of rotatable bonds is 6. The minimum atomic E-state index is 0.151. The summed E-state index contributed by atoms with van der Waals surface area (Å²) in [6.45, 7) is 1.38. The first-order chi connectivity index (χ1) is 10.4. The molecule has 112 valence electrons. The molecule has 2 aromatic rings. The normalized spacial score (nSPS) is 15.9. The maximum absolute atomic E-state index is 9.24. The van der Waals surface area contributed by atoms with Gasteiger partial charge in [0.15, 0.2) is 0 Å². The SMILES string of the molecule is OCCN(Cc1nc(-c2ccccn2)no1)C1CCCC1. The largest absolute Gasteiger partial charge is 0.395 e. The van der Waals surface area contributed by atoms with E-state index in [0.29, 0.717) is 36.5 Å². The van der Waals surface area contributed by atoms with Crippen molar-refractivity contribution in [3.63, 3.8) is 0 Å².